The molecule has 0 fully saturated rings. The third kappa shape index (κ3) is 5.69. The fraction of sp³-hybridized carbons (Fsp3) is 0.217. The van der Waals surface area contributed by atoms with Gasteiger partial charge < -0.3 is 10.5 Å². The second-order valence-corrected chi connectivity index (χ2v) is 11.0. The lowest BCUT2D eigenvalue weighted by Crippen LogP contribution is -2.18. The zero-order valence-electron chi connectivity index (χ0n) is 18.9. The van der Waals surface area contributed by atoms with Crippen LogP contribution < -0.4 is 5.73 Å². The van der Waals surface area contributed by atoms with E-state index < -0.39 is 15.8 Å². The molecule has 0 saturated carbocycles. The number of nitrogens with two attached hydrogens (primary N) is 1. The van der Waals surface area contributed by atoms with Gasteiger partial charge in [0.05, 0.1) is 22.7 Å². The Kier molecular flexibility index (Phi) is 7.86. The number of methoxy groups -OCH3 is 1. The van der Waals surface area contributed by atoms with Crippen LogP contribution in [0.3, 0.4) is 0 Å². The van der Waals surface area contributed by atoms with Crippen LogP contribution in [-0.2, 0) is 19.4 Å². The molecule has 2 aromatic carbocycles. The minimum atomic E-state index is -3.40. The van der Waals surface area contributed by atoms with E-state index in [-0.39, 0.29) is 27.3 Å². The van der Waals surface area contributed by atoms with Gasteiger partial charge in [-0.15, -0.1) is 10.2 Å². The first kappa shape index (κ1) is 25.5. The second-order valence-electron chi connectivity index (χ2n) is 7.61. The maximum Gasteiger partial charge on any atom is 0.355 e. The van der Waals surface area contributed by atoms with Gasteiger partial charge in [0.1, 0.15) is 16.4 Å². The number of carbonyl (C=O) groups excluding carboxylic acids is 1. The number of benzene rings is 2. The zero-order chi connectivity index (χ0) is 25.0. The van der Waals surface area contributed by atoms with Crippen LogP contribution in [0.4, 0.5) is 5.69 Å². The number of carbonyl (C=O) groups is 1. The molecule has 1 heterocycles. The van der Waals surface area contributed by atoms with Crippen molar-refractivity contribution in [1.29, 1.82) is 0 Å². The Morgan fingerprint density at radius 2 is 1.85 bits per heavy atom. The molecule has 0 spiro atoms. The topological polar surface area (TPSA) is 125 Å². The number of hydrogen-bond acceptors (Lipinski definition) is 9. The highest BCUT2D eigenvalue weighted by atomic mass is 35.5. The molecule has 0 bridgehead atoms. The molecular weight excluding hydrogens is 496 g/mol. The molecule has 1 aromatic heterocycles. The number of hydrogen-bond donors (Lipinski definition) is 1. The van der Waals surface area contributed by atoms with E-state index in [1.165, 1.54) is 19.2 Å². The Morgan fingerprint density at radius 1 is 1.15 bits per heavy atom. The van der Waals surface area contributed by atoms with Gasteiger partial charge in [-0.1, -0.05) is 67.1 Å². The predicted molar refractivity (Wildman–Crippen MR) is 134 cm³/mol. The van der Waals surface area contributed by atoms with E-state index in [2.05, 4.69) is 10.2 Å². The van der Waals surface area contributed by atoms with Crippen molar-refractivity contribution in [2.24, 2.45) is 10.7 Å². The number of aromatic nitrogens is 2. The monoisotopic (exact) mass is 518 g/mol. The summed E-state index contributed by atoms with van der Waals surface area (Å²) in [6.45, 7) is 4.07. The van der Waals surface area contributed by atoms with Crippen molar-refractivity contribution in [3.8, 4) is 10.6 Å². The van der Waals surface area contributed by atoms with Gasteiger partial charge in [0, 0.05) is 11.8 Å². The summed E-state index contributed by atoms with van der Waals surface area (Å²) < 4.78 is 28.6. The van der Waals surface area contributed by atoms with Crippen LogP contribution in [-0.4, -0.2) is 43.7 Å². The highest BCUT2D eigenvalue weighted by molar-refractivity contribution is 7.90. The van der Waals surface area contributed by atoms with E-state index in [9.17, 15) is 13.2 Å². The second kappa shape index (κ2) is 10.5. The summed E-state index contributed by atoms with van der Waals surface area (Å²) in [7, 11) is -2.20. The van der Waals surface area contributed by atoms with Crippen molar-refractivity contribution in [1.82, 2.24) is 10.2 Å². The van der Waals surface area contributed by atoms with E-state index >= 15 is 0 Å². The lowest BCUT2D eigenvalue weighted by molar-refractivity contribution is -0.136. The summed E-state index contributed by atoms with van der Waals surface area (Å²) >= 11 is 7.65. The fourth-order valence-corrected chi connectivity index (χ4v) is 4.78. The van der Waals surface area contributed by atoms with Gasteiger partial charge in [0.2, 0.25) is 0 Å². The molecule has 0 saturated heterocycles. The molecule has 0 aliphatic rings. The first-order valence-corrected chi connectivity index (χ1v) is 13.2. The van der Waals surface area contributed by atoms with Crippen LogP contribution in [0.1, 0.15) is 30.3 Å². The quantitative estimate of drug-likeness (QED) is 0.278. The molecule has 3 aromatic rings. The van der Waals surface area contributed by atoms with Crippen LogP contribution in [0.5, 0.6) is 0 Å². The summed E-state index contributed by atoms with van der Waals surface area (Å²) in [5.41, 5.74) is 7.93. The van der Waals surface area contributed by atoms with Gasteiger partial charge in [-0.25, -0.2) is 18.2 Å². The van der Waals surface area contributed by atoms with E-state index in [1.54, 1.807) is 12.1 Å². The molecule has 11 heteroatoms. The summed E-state index contributed by atoms with van der Waals surface area (Å²) in [5.74, 6) is -0.633. The number of nitrogens with zero attached hydrogens (tertiary/aromatic N) is 3. The third-order valence-corrected chi connectivity index (χ3v) is 7.25. The number of halogens is 1. The van der Waals surface area contributed by atoms with Gasteiger partial charge in [-0.05, 0) is 29.7 Å². The number of rotatable bonds is 7. The molecule has 8 nitrogen and oxygen atoms in total. The normalized spacial score (nSPS) is 13.1. The molecule has 0 aliphatic heterocycles. The molecular formula is C23H23ClN4O4S2. The van der Waals surface area contributed by atoms with Crippen molar-refractivity contribution in [3.63, 3.8) is 0 Å². The van der Waals surface area contributed by atoms with Crippen LogP contribution in [0, 0.1) is 0 Å². The smallest absolute Gasteiger partial charge is 0.355 e. The van der Waals surface area contributed by atoms with Crippen LogP contribution >= 0.6 is 22.9 Å². The third-order valence-electron chi connectivity index (χ3n) is 4.78. The Labute approximate surface area is 207 Å². The van der Waals surface area contributed by atoms with Crippen molar-refractivity contribution in [2.75, 3.05) is 13.4 Å². The molecule has 0 amide bonds. The zero-order valence-corrected chi connectivity index (χ0v) is 21.3. The van der Waals surface area contributed by atoms with E-state index in [0.29, 0.717) is 21.3 Å². The van der Waals surface area contributed by atoms with Gasteiger partial charge in [-0.2, -0.15) is 0 Å². The molecule has 0 aliphatic carbocycles. The summed E-state index contributed by atoms with van der Waals surface area (Å²) in [5, 5.41) is 9.02. The molecule has 0 unspecified atom stereocenters. The Hall–Kier alpha value is -3.08. The molecule has 0 radical (unpaired) electrons. The predicted octanol–water partition coefficient (Wildman–Crippen LogP) is 4.43. The number of allylic oxidation sites excluding steroid dienone is 1. The maximum absolute atomic E-state index is 12.0. The molecule has 34 heavy (non-hydrogen) atoms. The first-order valence-electron chi connectivity index (χ1n) is 10.1. The van der Waals surface area contributed by atoms with E-state index in [1.807, 2.05) is 38.1 Å². The minimum Gasteiger partial charge on any atom is -0.464 e. The number of sulfone groups is 1. The lowest BCUT2D eigenvalue weighted by Gasteiger charge is -2.11. The summed E-state index contributed by atoms with van der Waals surface area (Å²) in [6, 6.07) is 13.9. The van der Waals surface area contributed by atoms with Crippen LogP contribution in [0.2, 0.25) is 0 Å². The highest BCUT2D eigenvalue weighted by Crippen LogP contribution is 2.32. The first-order chi connectivity index (χ1) is 16.0. The Bertz CT molecular complexity index is 1400. The standard InChI is InChI=1S/C23H23ClN4O4S2/c1-13(2)16-10-5-6-11-17(16)26-20(18(24)19(25)23(29)32-3)22-28-27-21(33-22)14-8-7-9-15(12-14)34(4,30)31/h5-13H,25H2,1-4H3. The summed E-state index contributed by atoms with van der Waals surface area (Å²) in [4.78, 5) is 16.9. The Morgan fingerprint density at radius 3 is 2.50 bits per heavy atom. The average Bonchev–Trinajstić information content (AvgIpc) is 3.30. The largest absolute Gasteiger partial charge is 0.464 e. The molecule has 2 N–H and O–H groups in total. The van der Waals surface area contributed by atoms with Gasteiger partial charge in [0.25, 0.3) is 0 Å². The minimum absolute atomic E-state index is 0.127. The van der Waals surface area contributed by atoms with Crippen molar-refractivity contribution >= 4 is 50.1 Å². The molecule has 178 valence electrons. The molecule has 0 atom stereocenters. The Balaban J connectivity index is 2.19. The van der Waals surface area contributed by atoms with Gasteiger partial charge in [-0.3, -0.25) is 0 Å². The van der Waals surface area contributed by atoms with Gasteiger partial charge >= 0.3 is 5.97 Å². The van der Waals surface area contributed by atoms with E-state index in [4.69, 9.17) is 27.1 Å². The van der Waals surface area contributed by atoms with E-state index in [0.717, 1.165) is 23.2 Å². The number of ether oxygens (including phenoxy) is 1. The number of aliphatic imine (C=N–C) groups is 1. The molecule has 3 rings (SSSR count). The highest BCUT2D eigenvalue weighted by Gasteiger charge is 2.22. The maximum atomic E-state index is 12.0. The fourth-order valence-electron chi connectivity index (χ4n) is 3.01. The summed E-state index contributed by atoms with van der Waals surface area (Å²) in [6.07, 6.45) is 1.13. The lowest BCUT2D eigenvalue weighted by atomic mass is 10.0. The number of para-hydroxylation sites is 1. The van der Waals surface area contributed by atoms with Crippen LogP contribution in [0.15, 0.2) is 69.1 Å². The number of esters is 1. The van der Waals surface area contributed by atoms with Crippen LogP contribution in [0.25, 0.3) is 10.6 Å². The van der Waals surface area contributed by atoms with Gasteiger partial charge in [0.15, 0.2) is 14.8 Å². The van der Waals surface area contributed by atoms with Crippen molar-refractivity contribution in [3.05, 3.63) is 69.8 Å². The average molecular weight is 519 g/mol. The SMILES string of the molecule is COC(=O)C(N)=C(Cl)C(=Nc1ccccc1C(C)C)c1nnc(-c2cccc(S(C)(=O)=O)c2)s1. The van der Waals surface area contributed by atoms with Crippen molar-refractivity contribution < 1.29 is 17.9 Å². The van der Waals surface area contributed by atoms with Crippen molar-refractivity contribution in [2.45, 2.75) is 24.7 Å².